The lowest BCUT2D eigenvalue weighted by Gasteiger charge is -1.99. The van der Waals surface area contributed by atoms with Crippen LogP contribution in [0.15, 0.2) is 34.9 Å². The number of nitrogen functional groups attached to an aromatic ring is 1. The first-order valence-electron chi connectivity index (χ1n) is 4.40. The van der Waals surface area contributed by atoms with Gasteiger partial charge in [0.2, 0.25) is 5.89 Å². The van der Waals surface area contributed by atoms with Gasteiger partial charge in [0.05, 0.1) is 7.11 Å². The maximum Gasteiger partial charge on any atom is 0.228 e. The van der Waals surface area contributed by atoms with Crippen molar-refractivity contribution in [2.75, 3.05) is 12.5 Å². The number of oxazole rings is 1. The van der Waals surface area contributed by atoms with Gasteiger partial charge in [0.1, 0.15) is 12.0 Å². The van der Waals surface area contributed by atoms with E-state index in [-0.39, 0.29) is 0 Å². The lowest BCUT2D eigenvalue weighted by Crippen LogP contribution is -2.06. The fourth-order valence-electron chi connectivity index (χ4n) is 1.21. The van der Waals surface area contributed by atoms with Gasteiger partial charge in [-0.05, 0) is 24.3 Å². The number of anilines is 1. The van der Waals surface area contributed by atoms with Gasteiger partial charge in [-0.3, -0.25) is 0 Å². The first kappa shape index (κ1) is 9.54. The number of nitrogens with one attached hydrogen (secondary N) is 1. The Bertz CT molecular complexity index is 436. The minimum Gasteiger partial charge on any atom is -0.497 e. The van der Waals surface area contributed by atoms with Crippen LogP contribution in [0.1, 0.15) is 0 Å². The zero-order valence-electron chi connectivity index (χ0n) is 8.23. The van der Waals surface area contributed by atoms with Crippen LogP contribution < -0.4 is 16.0 Å². The Morgan fingerprint density at radius 1 is 1.33 bits per heavy atom. The molecule has 0 saturated heterocycles. The molecule has 1 heterocycles. The molecule has 3 N–H and O–H groups in total. The number of ether oxygens (including phenoxy) is 1. The molecule has 0 aliphatic rings. The first-order chi connectivity index (χ1) is 7.33. The van der Waals surface area contributed by atoms with Crippen molar-refractivity contribution in [3.63, 3.8) is 0 Å². The Hall–Kier alpha value is -2.01. The predicted molar refractivity (Wildman–Crippen MR) is 56.3 cm³/mol. The van der Waals surface area contributed by atoms with Crippen molar-refractivity contribution in [2.24, 2.45) is 5.84 Å². The second-order valence-corrected chi connectivity index (χ2v) is 2.91. The fraction of sp³-hybridized carbons (Fsp3) is 0.100. The quantitative estimate of drug-likeness (QED) is 0.588. The minimum absolute atomic E-state index is 0.501. The third-order valence-electron chi connectivity index (χ3n) is 1.99. The molecule has 0 amide bonds. The summed E-state index contributed by atoms with van der Waals surface area (Å²) in [5, 5.41) is 0. The monoisotopic (exact) mass is 205 g/mol. The SMILES string of the molecule is COc1ccc(-c2nc(NN)co2)cc1. The third-order valence-corrected chi connectivity index (χ3v) is 1.99. The van der Waals surface area contributed by atoms with Crippen molar-refractivity contribution >= 4 is 5.82 Å². The second-order valence-electron chi connectivity index (χ2n) is 2.91. The summed E-state index contributed by atoms with van der Waals surface area (Å²) in [6.07, 6.45) is 1.46. The minimum atomic E-state index is 0.501. The summed E-state index contributed by atoms with van der Waals surface area (Å²) >= 11 is 0. The van der Waals surface area contributed by atoms with E-state index in [1.54, 1.807) is 7.11 Å². The second kappa shape index (κ2) is 4.02. The van der Waals surface area contributed by atoms with E-state index in [9.17, 15) is 0 Å². The van der Waals surface area contributed by atoms with Crippen molar-refractivity contribution in [2.45, 2.75) is 0 Å². The Labute approximate surface area is 86.8 Å². The van der Waals surface area contributed by atoms with Crippen LogP contribution in [-0.4, -0.2) is 12.1 Å². The smallest absolute Gasteiger partial charge is 0.228 e. The van der Waals surface area contributed by atoms with E-state index in [0.717, 1.165) is 11.3 Å². The molecular weight excluding hydrogens is 194 g/mol. The average molecular weight is 205 g/mol. The van der Waals surface area contributed by atoms with Gasteiger partial charge >= 0.3 is 0 Å². The van der Waals surface area contributed by atoms with Gasteiger partial charge in [0, 0.05) is 5.56 Å². The predicted octanol–water partition coefficient (Wildman–Crippen LogP) is 1.64. The average Bonchev–Trinajstić information content (AvgIpc) is 2.78. The molecular formula is C10H11N3O2. The zero-order valence-corrected chi connectivity index (χ0v) is 8.23. The number of hydrogen-bond acceptors (Lipinski definition) is 5. The Balaban J connectivity index is 2.28. The van der Waals surface area contributed by atoms with Gasteiger partial charge in [0.15, 0.2) is 5.82 Å². The van der Waals surface area contributed by atoms with Crippen LogP contribution in [-0.2, 0) is 0 Å². The van der Waals surface area contributed by atoms with Crippen molar-refractivity contribution in [1.82, 2.24) is 4.98 Å². The van der Waals surface area contributed by atoms with E-state index in [1.165, 1.54) is 6.26 Å². The molecule has 0 aliphatic carbocycles. The van der Waals surface area contributed by atoms with E-state index < -0.39 is 0 Å². The maximum absolute atomic E-state index is 5.22. The highest BCUT2D eigenvalue weighted by Gasteiger charge is 2.05. The van der Waals surface area contributed by atoms with Gasteiger partial charge in [-0.25, -0.2) is 5.84 Å². The summed E-state index contributed by atoms with van der Waals surface area (Å²) < 4.78 is 10.3. The Morgan fingerprint density at radius 3 is 2.60 bits per heavy atom. The summed E-state index contributed by atoms with van der Waals surface area (Å²) in [5.41, 5.74) is 3.28. The number of benzene rings is 1. The van der Waals surface area contributed by atoms with E-state index in [1.807, 2.05) is 24.3 Å². The largest absolute Gasteiger partial charge is 0.497 e. The van der Waals surface area contributed by atoms with Gasteiger partial charge in [0.25, 0.3) is 0 Å². The number of nitrogens with two attached hydrogens (primary N) is 1. The highest BCUT2D eigenvalue weighted by Crippen LogP contribution is 2.22. The molecule has 0 atom stereocenters. The molecule has 2 aromatic rings. The molecule has 0 aliphatic heterocycles. The third kappa shape index (κ3) is 1.92. The van der Waals surface area contributed by atoms with Crippen LogP contribution in [0.25, 0.3) is 11.5 Å². The highest BCUT2D eigenvalue weighted by atomic mass is 16.5. The molecule has 0 saturated carbocycles. The van der Waals surface area contributed by atoms with Gasteiger partial charge in [-0.2, -0.15) is 4.98 Å². The summed E-state index contributed by atoms with van der Waals surface area (Å²) in [6, 6.07) is 7.42. The normalized spacial score (nSPS) is 10.0. The van der Waals surface area contributed by atoms with E-state index in [2.05, 4.69) is 10.4 Å². The molecule has 0 fully saturated rings. The fourth-order valence-corrected chi connectivity index (χ4v) is 1.21. The maximum atomic E-state index is 5.22. The topological polar surface area (TPSA) is 73.3 Å². The van der Waals surface area contributed by atoms with Crippen LogP contribution in [0, 0.1) is 0 Å². The number of hydrazine groups is 1. The highest BCUT2D eigenvalue weighted by molar-refractivity contribution is 5.56. The molecule has 0 radical (unpaired) electrons. The van der Waals surface area contributed by atoms with Crippen LogP contribution in [0.5, 0.6) is 5.75 Å². The van der Waals surface area contributed by atoms with Gasteiger partial charge < -0.3 is 14.6 Å². The van der Waals surface area contributed by atoms with Crippen LogP contribution in [0.3, 0.4) is 0 Å². The van der Waals surface area contributed by atoms with Crippen LogP contribution in [0.2, 0.25) is 0 Å². The number of hydrogen-bond donors (Lipinski definition) is 2. The molecule has 1 aromatic heterocycles. The number of nitrogens with zero attached hydrogens (tertiary/aromatic N) is 1. The van der Waals surface area contributed by atoms with E-state index in [4.69, 9.17) is 15.0 Å². The van der Waals surface area contributed by atoms with E-state index in [0.29, 0.717) is 11.7 Å². The van der Waals surface area contributed by atoms with E-state index >= 15 is 0 Å². The summed E-state index contributed by atoms with van der Waals surface area (Å²) in [6.45, 7) is 0. The summed E-state index contributed by atoms with van der Waals surface area (Å²) in [5.74, 6) is 7.01. The molecule has 0 spiro atoms. The molecule has 2 rings (SSSR count). The molecule has 0 unspecified atom stereocenters. The van der Waals surface area contributed by atoms with Gasteiger partial charge in [-0.1, -0.05) is 0 Å². The summed E-state index contributed by atoms with van der Waals surface area (Å²) in [4.78, 5) is 4.11. The van der Waals surface area contributed by atoms with Crippen molar-refractivity contribution < 1.29 is 9.15 Å². The molecule has 15 heavy (non-hydrogen) atoms. The van der Waals surface area contributed by atoms with Crippen molar-refractivity contribution in [3.8, 4) is 17.2 Å². The number of methoxy groups -OCH3 is 1. The number of aromatic nitrogens is 1. The molecule has 5 heteroatoms. The standard InChI is InChI=1S/C10H11N3O2/c1-14-8-4-2-7(3-5-8)10-12-9(13-11)6-15-10/h2-6,13H,11H2,1H3. The molecule has 78 valence electrons. The molecule has 0 bridgehead atoms. The number of rotatable bonds is 3. The van der Waals surface area contributed by atoms with Crippen LogP contribution >= 0.6 is 0 Å². The lowest BCUT2D eigenvalue weighted by atomic mass is 10.2. The Morgan fingerprint density at radius 2 is 2.07 bits per heavy atom. The first-order valence-corrected chi connectivity index (χ1v) is 4.40. The zero-order chi connectivity index (χ0) is 10.7. The molecule has 1 aromatic carbocycles. The van der Waals surface area contributed by atoms with Gasteiger partial charge in [-0.15, -0.1) is 0 Å². The lowest BCUT2D eigenvalue weighted by molar-refractivity contribution is 0.415. The summed E-state index contributed by atoms with van der Waals surface area (Å²) in [7, 11) is 1.62. The van der Waals surface area contributed by atoms with Crippen LogP contribution in [0.4, 0.5) is 5.82 Å². The molecule has 5 nitrogen and oxygen atoms in total. The van der Waals surface area contributed by atoms with Crippen molar-refractivity contribution in [3.05, 3.63) is 30.5 Å². The Kier molecular flexibility index (Phi) is 2.55. The van der Waals surface area contributed by atoms with Crippen molar-refractivity contribution in [1.29, 1.82) is 0 Å².